The van der Waals surface area contributed by atoms with Crippen LogP contribution in [0.5, 0.6) is 0 Å². The Morgan fingerprint density at radius 2 is 1.38 bits per heavy atom. The average molecular weight is 371 g/mol. The molecule has 0 aromatic carbocycles. The molecule has 0 saturated heterocycles. The van der Waals surface area contributed by atoms with Gasteiger partial charge in [-0.2, -0.15) is 0 Å². The zero-order valence-corrected chi connectivity index (χ0v) is 18.4. The van der Waals surface area contributed by atoms with Crippen molar-refractivity contribution < 1.29 is 14.3 Å². The number of hydrogen-bond donors (Lipinski definition) is 0. The van der Waals surface area contributed by atoms with E-state index in [1.165, 1.54) is 51.4 Å². The Kier molecular flexibility index (Phi) is 17.4. The van der Waals surface area contributed by atoms with Crippen LogP contribution >= 0.6 is 0 Å². The first-order chi connectivity index (χ1) is 12.5. The Balaban J connectivity index is 3.63. The molecule has 0 aliphatic heterocycles. The van der Waals surface area contributed by atoms with Crippen molar-refractivity contribution in [1.29, 1.82) is 0 Å². The molecule has 0 aliphatic rings. The van der Waals surface area contributed by atoms with Gasteiger partial charge in [-0.15, -0.1) is 0 Å². The molecule has 0 amide bonds. The lowest BCUT2D eigenvalue weighted by atomic mass is 10.0. The summed E-state index contributed by atoms with van der Waals surface area (Å²) >= 11 is 0. The summed E-state index contributed by atoms with van der Waals surface area (Å²) in [6.07, 6.45) is 15.3. The van der Waals surface area contributed by atoms with E-state index in [2.05, 4.69) is 34.6 Å². The van der Waals surface area contributed by atoms with Crippen molar-refractivity contribution in [3.63, 3.8) is 0 Å². The maximum absolute atomic E-state index is 11.9. The van der Waals surface area contributed by atoms with Gasteiger partial charge in [0.05, 0.1) is 18.8 Å². The molecule has 0 aromatic heterocycles. The van der Waals surface area contributed by atoms with E-state index in [0.717, 1.165) is 25.7 Å². The predicted molar refractivity (Wildman–Crippen MR) is 112 cm³/mol. The highest BCUT2D eigenvalue weighted by Crippen LogP contribution is 2.17. The zero-order valence-electron chi connectivity index (χ0n) is 18.4. The Bertz CT molecular complexity index is 313. The number of carbonyl (C=O) groups excluding carboxylic acids is 1. The van der Waals surface area contributed by atoms with Crippen molar-refractivity contribution in [2.75, 3.05) is 6.61 Å². The maximum atomic E-state index is 11.9. The minimum absolute atomic E-state index is 0.0416. The molecule has 1 atom stereocenters. The van der Waals surface area contributed by atoms with E-state index in [1.54, 1.807) is 0 Å². The van der Waals surface area contributed by atoms with Gasteiger partial charge >= 0.3 is 5.97 Å². The van der Waals surface area contributed by atoms with E-state index in [0.29, 0.717) is 18.9 Å². The SMILES string of the molecule is CCCCCCCCCCOC(=O)CCCC(CCC(C)C)OC(C)C. The maximum Gasteiger partial charge on any atom is 0.305 e. The number of hydrogen-bond acceptors (Lipinski definition) is 3. The third-order valence-corrected chi connectivity index (χ3v) is 4.70. The number of esters is 1. The minimum atomic E-state index is -0.0416. The normalized spacial score (nSPS) is 12.7. The quantitative estimate of drug-likeness (QED) is 0.191. The van der Waals surface area contributed by atoms with E-state index < -0.39 is 0 Å². The van der Waals surface area contributed by atoms with Crippen molar-refractivity contribution in [2.45, 2.75) is 130 Å². The minimum Gasteiger partial charge on any atom is -0.466 e. The monoisotopic (exact) mass is 370 g/mol. The van der Waals surface area contributed by atoms with Crippen molar-refractivity contribution in [3.8, 4) is 0 Å². The molecule has 0 aliphatic carbocycles. The molecule has 0 N–H and O–H groups in total. The number of ether oxygens (including phenoxy) is 2. The lowest BCUT2D eigenvalue weighted by Crippen LogP contribution is -2.19. The lowest BCUT2D eigenvalue weighted by molar-refractivity contribution is -0.144. The highest BCUT2D eigenvalue weighted by atomic mass is 16.5. The summed E-state index contributed by atoms with van der Waals surface area (Å²) < 4.78 is 11.4. The second kappa shape index (κ2) is 17.8. The molecule has 0 spiro atoms. The molecule has 3 heteroatoms. The summed E-state index contributed by atoms with van der Waals surface area (Å²) in [6, 6.07) is 0. The van der Waals surface area contributed by atoms with Crippen LogP contribution in [0, 0.1) is 5.92 Å². The highest BCUT2D eigenvalue weighted by Gasteiger charge is 2.13. The van der Waals surface area contributed by atoms with Crippen LogP contribution in [0.1, 0.15) is 118 Å². The van der Waals surface area contributed by atoms with Crippen LogP contribution in [0.3, 0.4) is 0 Å². The Labute approximate surface area is 163 Å². The molecule has 26 heavy (non-hydrogen) atoms. The summed E-state index contributed by atoms with van der Waals surface area (Å²) in [5.41, 5.74) is 0. The molecule has 1 unspecified atom stereocenters. The van der Waals surface area contributed by atoms with Gasteiger partial charge in [-0.25, -0.2) is 0 Å². The van der Waals surface area contributed by atoms with Crippen LogP contribution in [-0.2, 0) is 14.3 Å². The largest absolute Gasteiger partial charge is 0.466 e. The molecule has 0 bridgehead atoms. The van der Waals surface area contributed by atoms with Gasteiger partial charge in [-0.05, 0) is 51.9 Å². The standard InChI is InChI=1S/C23H46O3/c1-6-7-8-9-10-11-12-13-19-25-23(24)16-14-15-22(26-21(4)5)18-17-20(2)3/h20-22H,6-19H2,1-5H3. The average Bonchev–Trinajstić information content (AvgIpc) is 2.57. The molecule has 156 valence electrons. The third kappa shape index (κ3) is 18.2. The van der Waals surface area contributed by atoms with Crippen LogP contribution in [0.15, 0.2) is 0 Å². The fourth-order valence-corrected chi connectivity index (χ4v) is 3.15. The number of carbonyl (C=O) groups is 1. The van der Waals surface area contributed by atoms with Crippen molar-refractivity contribution >= 4 is 5.97 Å². The van der Waals surface area contributed by atoms with E-state index in [4.69, 9.17) is 9.47 Å². The predicted octanol–water partition coefficient (Wildman–Crippen LogP) is 7.07. The highest BCUT2D eigenvalue weighted by molar-refractivity contribution is 5.69. The molecule has 0 heterocycles. The third-order valence-electron chi connectivity index (χ3n) is 4.70. The van der Waals surface area contributed by atoms with Gasteiger partial charge in [0.1, 0.15) is 0 Å². The molecule has 0 saturated carbocycles. The topological polar surface area (TPSA) is 35.5 Å². The van der Waals surface area contributed by atoms with Crippen LogP contribution < -0.4 is 0 Å². The number of rotatable bonds is 18. The summed E-state index contributed by atoms with van der Waals surface area (Å²) in [5.74, 6) is 0.657. The molecule has 3 nitrogen and oxygen atoms in total. The smallest absolute Gasteiger partial charge is 0.305 e. The van der Waals surface area contributed by atoms with Crippen LogP contribution in [0.2, 0.25) is 0 Å². The molecule has 0 aromatic rings. The summed E-state index contributed by atoms with van der Waals surface area (Å²) in [5, 5.41) is 0. The first kappa shape index (κ1) is 25.4. The lowest BCUT2D eigenvalue weighted by Gasteiger charge is -2.21. The van der Waals surface area contributed by atoms with Gasteiger partial charge in [-0.3, -0.25) is 4.79 Å². The summed E-state index contributed by atoms with van der Waals surface area (Å²) in [6.45, 7) is 11.5. The van der Waals surface area contributed by atoms with Gasteiger partial charge < -0.3 is 9.47 Å². The van der Waals surface area contributed by atoms with Gasteiger partial charge in [0, 0.05) is 6.42 Å². The second-order valence-electron chi connectivity index (χ2n) is 8.37. The van der Waals surface area contributed by atoms with E-state index in [-0.39, 0.29) is 18.2 Å². The first-order valence-electron chi connectivity index (χ1n) is 11.3. The molecule has 0 fully saturated rings. The van der Waals surface area contributed by atoms with E-state index in [1.807, 2.05) is 0 Å². The molecular formula is C23H46O3. The Morgan fingerprint density at radius 1 is 0.769 bits per heavy atom. The second-order valence-corrected chi connectivity index (χ2v) is 8.37. The molecule has 0 rings (SSSR count). The van der Waals surface area contributed by atoms with Crippen molar-refractivity contribution in [1.82, 2.24) is 0 Å². The summed E-state index contributed by atoms with van der Waals surface area (Å²) in [4.78, 5) is 11.9. The van der Waals surface area contributed by atoms with Gasteiger partial charge in [-0.1, -0.05) is 65.7 Å². The van der Waals surface area contributed by atoms with Crippen LogP contribution in [0.4, 0.5) is 0 Å². The first-order valence-corrected chi connectivity index (χ1v) is 11.3. The molecular weight excluding hydrogens is 324 g/mol. The van der Waals surface area contributed by atoms with Crippen LogP contribution in [0.25, 0.3) is 0 Å². The van der Waals surface area contributed by atoms with Gasteiger partial charge in [0.25, 0.3) is 0 Å². The summed E-state index contributed by atoms with van der Waals surface area (Å²) in [7, 11) is 0. The number of unbranched alkanes of at least 4 members (excludes halogenated alkanes) is 7. The fraction of sp³-hybridized carbons (Fsp3) is 0.957. The van der Waals surface area contributed by atoms with Crippen LogP contribution in [-0.4, -0.2) is 24.8 Å². The van der Waals surface area contributed by atoms with Crippen molar-refractivity contribution in [2.24, 2.45) is 5.92 Å². The van der Waals surface area contributed by atoms with E-state index >= 15 is 0 Å². The molecule has 0 radical (unpaired) electrons. The Morgan fingerprint density at radius 3 is 1.96 bits per heavy atom. The van der Waals surface area contributed by atoms with Crippen molar-refractivity contribution in [3.05, 3.63) is 0 Å². The fourth-order valence-electron chi connectivity index (χ4n) is 3.15. The Hall–Kier alpha value is -0.570. The van der Waals surface area contributed by atoms with Gasteiger partial charge in [0.15, 0.2) is 0 Å². The zero-order chi connectivity index (χ0) is 19.6. The van der Waals surface area contributed by atoms with Gasteiger partial charge in [0.2, 0.25) is 0 Å². The van der Waals surface area contributed by atoms with E-state index in [9.17, 15) is 4.79 Å².